The monoisotopic (exact) mass is 328 g/mol. The van der Waals surface area contributed by atoms with Gasteiger partial charge in [-0.1, -0.05) is 18.5 Å². The average Bonchev–Trinajstić information content (AvgIpc) is 2.48. The highest BCUT2D eigenvalue weighted by Crippen LogP contribution is 2.27. The van der Waals surface area contributed by atoms with Gasteiger partial charge in [-0.3, -0.25) is 4.79 Å². The van der Waals surface area contributed by atoms with E-state index in [1.54, 1.807) is 6.92 Å². The molecule has 0 bridgehead atoms. The number of rotatable bonds is 5. The van der Waals surface area contributed by atoms with Crippen molar-refractivity contribution in [2.24, 2.45) is 5.41 Å². The molecule has 1 aromatic rings. The first-order chi connectivity index (χ1) is 10.4. The van der Waals surface area contributed by atoms with E-state index in [9.17, 15) is 9.18 Å². The third kappa shape index (κ3) is 4.58. The summed E-state index contributed by atoms with van der Waals surface area (Å²) in [6, 6.07) is 3.84. The highest BCUT2D eigenvalue weighted by Gasteiger charge is 2.28. The minimum atomic E-state index is -0.687. The van der Waals surface area contributed by atoms with Crippen LogP contribution < -0.4 is 15.4 Å². The number of halogens is 2. The second kappa shape index (κ2) is 7.29. The van der Waals surface area contributed by atoms with Gasteiger partial charge in [0.05, 0.1) is 5.02 Å². The van der Waals surface area contributed by atoms with Crippen molar-refractivity contribution in [2.45, 2.75) is 32.8 Å². The van der Waals surface area contributed by atoms with Gasteiger partial charge in [-0.25, -0.2) is 4.39 Å². The van der Waals surface area contributed by atoms with Gasteiger partial charge in [0, 0.05) is 6.54 Å². The van der Waals surface area contributed by atoms with Crippen LogP contribution in [0.1, 0.15) is 26.7 Å². The summed E-state index contributed by atoms with van der Waals surface area (Å²) in [5.74, 6) is -0.327. The highest BCUT2D eigenvalue weighted by molar-refractivity contribution is 6.32. The third-order valence-corrected chi connectivity index (χ3v) is 4.36. The normalized spacial score (nSPS) is 18.5. The zero-order valence-corrected chi connectivity index (χ0v) is 13.7. The molecule has 4 nitrogen and oxygen atoms in total. The SMILES string of the molecule is CC(Oc1ccc(F)cc1Cl)C(=O)NCC1(C)CCNCC1. The summed E-state index contributed by atoms with van der Waals surface area (Å²) >= 11 is 5.90. The lowest BCUT2D eigenvalue weighted by atomic mass is 9.81. The fourth-order valence-electron chi connectivity index (χ4n) is 2.47. The Morgan fingerprint density at radius 1 is 1.50 bits per heavy atom. The van der Waals surface area contributed by atoms with Crippen LogP contribution in [-0.4, -0.2) is 31.6 Å². The van der Waals surface area contributed by atoms with Crippen LogP contribution in [0, 0.1) is 11.2 Å². The van der Waals surface area contributed by atoms with Crippen LogP contribution in [0.15, 0.2) is 18.2 Å². The molecule has 1 aromatic carbocycles. The molecule has 6 heteroatoms. The van der Waals surface area contributed by atoms with E-state index < -0.39 is 11.9 Å². The minimum absolute atomic E-state index is 0.119. The molecule has 1 heterocycles. The molecule has 1 atom stereocenters. The first kappa shape index (κ1) is 17.0. The summed E-state index contributed by atoms with van der Waals surface area (Å²) in [7, 11) is 0. The number of piperidine rings is 1. The van der Waals surface area contributed by atoms with Crippen molar-refractivity contribution in [3.63, 3.8) is 0 Å². The lowest BCUT2D eigenvalue weighted by Gasteiger charge is -2.34. The second-order valence-corrected chi connectivity index (χ2v) is 6.52. The maximum atomic E-state index is 13.0. The summed E-state index contributed by atoms with van der Waals surface area (Å²) in [5, 5.41) is 6.40. The molecule has 0 saturated carbocycles. The Hall–Kier alpha value is -1.33. The van der Waals surface area contributed by atoms with Crippen molar-refractivity contribution in [1.29, 1.82) is 0 Å². The number of nitrogens with one attached hydrogen (secondary N) is 2. The Morgan fingerprint density at radius 2 is 2.18 bits per heavy atom. The minimum Gasteiger partial charge on any atom is -0.479 e. The molecule has 2 rings (SSSR count). The topological polar surface area (TPSA) is 50.4 Å². The molecule has 22 heavy (non-hydrogen) atoms. The molecule has 0 spiro atoms. The summed E-state index contributed by atoms with van der Waals surface area (Å²) in [4.78, 5) is 12.1. The maximum absolute atomic E-state index is 13.0. The predicted octanol–water partition coefficient (Wildman–Crippen LogP) is 2.75. The van der Waals surface area contributed by atoms with Gasteiger partial charge in [0.2, 0.25) is 0 Å². The van der Waals surface area contributed by atoms with E-state index in [2.05, 4.69) is 17.6 Å². The first-order valence-electron chi connectivity index (χ1n) is 7.50. The number of carbonyl (C=O) groups excluding carboxylic acids is 1. The predicted molar refractivity (Wildman–Crippen MR) is 84.7 cm³/mol. The number of benzene rings is 1. The largest absolute Gasteiger partial charge is 0.479 e. The van der Waals surface area contributed by atoms with Gasteiger partial charge in [0.1, 0.15) is 11.6 Å². The maximum Gasteiger partial charge on any atom is 0.260 e. The lowest BCUT2D eigenvalue weighted by Crippen LogP contribution is -2.45. The van der Waals surface area contributed by atoms with Crippen molar-refractivity contribution in [2.75, 3.05) is 19.6 Å². The van der Waals surface area contributed by atoms with E-state index in [4.69, 9.17) is 16.3 Å². The van der Waals surface area contributed by atoms with E-state index in [0.29, 0.717) is 12.3 Å². The van der Waals surface area contributed by atoms with Gasteiger partial charge in [0.25, 0.3) is 5.91 Å². The van der Waals surface area contributed by atoms with Gasteiger partial charge in [-0.15, -0.1) is 0 Å². The fourth-order valence-corrected chi connectivity index (χ4v) is 2.68. The van der Waals surface area contributed by atoms with Crippen molar-refractivity contribution >= 4 is 17.5 Å². The van der Waals surface area contributed by atoms with Crippen molar-refractivity contribution in [3.8, 4) is 5.75 Å². The molecule has 1 aliphatic rings. The van der Waals surface area contributed by atoms with Gasteiger partial charge in [0.15, 0.2) is 6.10 Å². The van der Waals surface area contributed by atoms with E-state index in [1.165, 1.54) is 12.1 Å². The third-order valence-electron chi connectivity index (χ3n) is 4.07. The van der Waals surface area contributed by atoms with Gasteiger partial charge >= 0.3 is 0 Å². The zero-order chi connectivity index (χ0) is 16.2. The number of carbonyl (C=O) groups is 1. The fraction of sp³-hybridized carbons (Fsp3) is 0.562. The van der Waals surface area contributed by atoms with Crippen molar-refractivity contribution in [3.05, 3.63) is 29.0 Å². The van der Waals surface area contributed by atoms with Crippen molar-refractivity contribution < 1.29 is 13.9 Å². The van der Waals surface area contributed by atoms with Gasteiger partial charge in [-0.2, -0.15) is 0 Å². The van der Waals surface area contributed by atoms with Crippen LogP contribution in [0.3, 0.4) is 0 Å². The molecule has 1 aliphatic heterocycles. The van der Waals surface area contributed by atoms with Crippen LogP contribution in [0.2, 0.25) is 5.02 Å². The summed E-state index contributed by atoms with van der Waals surface area (Å²) in [6.07, 6.45) is 1.38. The van der Waals surface area contributed by atoms with E-state index in [-0.39, 0.29) is 16.3 Å². The summed E-state index contributed by atoms with van der Waals surface area (Å²) in [6.45, 7) is 6.40. The molecule has 122 valence electrons. The average molecular weight is 329 g/mol. The number of ether oxygens (including phenoxy) is 1. The molecule has 0 aliphatic carbocycles. The molecule has 1 unspecified atom stereocenters. The first-order valence-corrected chi connectivity index (χ1v) is 7.88. The number of hydrogen-bond donors (Lipinski definition) is 2. The Morgan fingerprint density at radius 3 is 2.82 bits per heavy atom. The highest BCUT2D eigenvalue weighted by atomic mass is 35.5. The van der Waals surface area contributed by atoms with Crippen LogP contribution in [0.4, 0.5) is 4.39 Å². The molecule has 1 fully saturated rings. The quantitative estimate of drug-likeness (QED) is 0.874. The molecular formula is C16H22ClFN2O2. The smallest absolute Gasteiger partial charge is 0.260 e. The molecule has 0 radical (unpaired) electrons. The standard InChI is InChI=1S/C16H22ClFN2O2/c1-11(22-14-4-3-12(18)9-13(14)17)15(21)20-10-16(2)5-7-19-8-6-16/h3-4,9,11,19H,5-8,10H2,1-2H3,(H,20,21). The summed E-state index contributed by atoms with van der Waals surface area (Å²) < 4.78 is 18.5. The van der Waals surface area contributed by atoms with E-state index in [1.807, 2.05) is 0 Å². The molecular weight excluding hydrogens is 307 g/mol. The van der Waals surface area contributed by atoms with E-state index >= 15 is 0 Å². The van der Waals surface area contributed by atoms with Crippen LogP contribution in [0.5, 0.6) is 5.75 Å². The molecule has 1 saturated heterocycles. The molecule has 1 amide bonds. The molecule has 2 N–H and O–H groups in total. The van der Waals surface area contributed by atoms with Crippen molar-refractivity contribution in [1.82, 2.24) is 10.6 Å². The Kier molecular flexibility index (Phi) is 5.64. The second-order valence-electron chi connectivity index (χ2n) is 6.11. The molecule has 0 aromatic heterocycles. The Bertz CT molecular complexity index is 533. The van der Waals surface area contributed by atoms with Gasteiger partial charge in [-0.05, 0) is 56.5 Å². The Labute approximate surface area is 135 Å². The van der Waals surface area contributed by atoms with Crippen LogP contribution in [-0.2, 0) is 4.79 Å². The van der Waals surface area contributed by atoms with Gasteiger partial charge < -0.3 is 15.4 Å². The number of hydrogen-bond acceptors (Lipinski definition) is 3. The number of amides is 1. The lowest BCUT2D eigenvalue weighted by molar-refractivity contribution is -0.127. The summed E-state index contributed by atoms with van der Waals surface area (Å²) in [5.41, 5.74) is 0.119. The van der Waals surface area contributed by atoms with Crippen LogP contribution >= 0.6 is 11.6 Å². The van der Waals surface area contributed by atoms with E-state index in [0.717, 1.165) is 32.0 Å². The van der Waals surface area contributed by atoms with Crippen LogP contribution in [0.25, 0.3) is 0 Å². The Balaban J connectivity index is 1.86. The zero-order valence-electron chi connectivity index (χ0n) is 12.9.